The van der Waals surface area contributed by atoms with Gasteiger partial charge in [-0.05, 0) is 196 Å². The number of hydrogen-bond acceptors (Lipinski definition) is 21. The van der Waals surface area contributed by atoms with E-state index >= 15 is 0 Å². The van der Waals surface area contributed by atoms with Gasteiger partial charge >= 0.3 is 0 Å². The third-order valence-electron chi connectivity index (χ3n) is 27.6. The Morgan fingerprint density at radius 2 is 0.626 bits per heavy atom. The number of β-amino-alcohol motifs (C(OH)–C–C–N with tert-alkyl or cyclic N) is 1. The van der Waals surface area contributed by atoms with Gasteiger partial charge in [-0.1, -0.05) is 269 Å². The predicted molar refractivity (Wildman–Crippen MR) is 599 cm³/mol. The number of ether oxygens (including phenoxy) is 3. The molecule has 4 atom stereocenters. The maximum absolute atomic E-state index is 13.8. The summed E-state index contributed by atoms with van der Waals surface area (Å²) < 4.78 is 17.7. The third kappa shape index (κ3) is 33.7. The van der Waals surface area contributed by atoms with Crippen LogP contribution in [-0.4, -0.2) is 201 Å². The Morgan fingerprint density at radius 1 is 0.347 bits per heavy atom. The number of amides is 3. The summed E-state index contributed by atoms with van der Waals surface area (Å²) >= 11 is 4.60. The maximum Gasteiger partial charge on any atom is 0.226 e. The van der Waals surface area contributed by atoms with Crippen LogP contribution in [0.3, 0.4) is 0 Å². The number of carbonyl (C=O) groups is 6. The molecule has 0 saturated carbocycles. The molecule has 0 unspecified atom stereocenters. The molecule has 780 valence electrons. The number of thiophene rings is 3. The smallest absolute Gasteiger partial charge is 0.226 e. The van der Waals surface area contributed by atoms with Gasteiger partial charge in [0.2, 0.25) is 17.7 Å². The number of likely N-dealkylation sites (tertiary alicyclic amines) is 3. The molecule has 0 radical (unpaired) electrons. The lowest BCUT2D eigenvalue weighted by Gasteiger charge is -2.44. The molecule has 24 heteroatoms. The van der Waals surface area contributed by atoms with Crippen molar-refractivity contribution >= 4 is 69.1 Å². The fourth-order valence-electron chi connectivity index (χ4n) is 18.5. The van der Waals surface area contributed by atoms with Crippen LogP contribution in [0.4, 0.5) is 0 Å². The average molecular weight is 2040 g/mol. The van der Waals surface area contributed by atoms with Crippen LogP contribution in [0.15, 0.2) is 219 Å². The summed E-state index contributed by atoms with van der Waals surface area (Å²) in [6.07, 6.45) is 31.4. The van der Waals surface area contributed by atoms with E-state index in [0.29, 0.717) is 86.2 Å². The van der Waals surface area contributed by atoms with Gasteiger partial charge in [0.1, 0.15) is 17.2 Å². The van der Waals surface area contributed by atoms with Crippen LogP contribution >= 0.6 is 34.0 Å². The number of benzene rings is 6. The van der Waals surface area contributed by atoms with Crippen molar-refractivity contribution in [3.05, 3.63) is 265 Å². The molecule has 0 bridgehead atoms. The fraction of sp³-hybridized carbons (Fsp3) is 0.463. The van der Waals surface area contributed by atoms with Gasteiger partial charge < -0.3 is 43.8 Å². The van der Waals surface area contributed by atoms with Gasteiger partial charge in [-0.25, -0.2) is 29.9 Å². The Hall–Kier alpha value is -11.6. The molecule has 12 aromatic rings. The second kappa shape index (κ2) is 54.5. The Morgan fingerprint density at radius 3 is 0.884 bits per heavy atom. The van der Waals surface area contributed by atoms with Gasteiger partial charge in [0.25, 0.3) is 0 Å². The highest BCUT2D eigenvalue weighted by Crippen LogP contribution is 2.39. The number of unbranched alkanes of at least 4 members (excludes halogenated alkanes) is 12. The van der Waals surface area contributed by atoms with Crippen molar-refractivity contribution in [3.63, 3.8) is 0 Å². The highest BCUT2D eigenvalue weighted by atomic mass is 32.1. The van der Waals surface area contributed by atoms with Gasteiger partial charge in [0.05, 0.1) is 40.6 Å². The van der Waals surface area contributed by atoms with E-state index in [4.69, 9.17) is 14.2 Å². The Kier molecular flexibility index (Phi) is 41.7. The molecule has 3 aliphatic rings. The number of carbonyl (C=O) groups excluding carboxylic acids is 6. The molecule has 3 fully saturated rings. The molecule has 21 nitrogen and oxygen atoms in total. The minimum absolute atomic E-state index is 0.0151. The first-order chi connectivity index (χ1) is 70.6. The van der Waals surface area contributed by atoms with Gasteiger partial charge in [0, 0.05) is 180 Å². The first kappa shape index (κ1) is 113. The number of rotatable bonds is 48. The molecule has 1 N–H and O–H groups in total. The first-order valence-corrected chi connectivity index (χ1v) is 55.8. The van der Waals surface area contributed by atoms with Crippen molar-refractivity contribution < 1.29 is 48.1 Å². The summed E-state index contributed by atoms with van der Waals surface area (Å²) in [5.41, 5.74) is 11.5. The molecular formula is C123H155N11O10S3. The zero-order valence-electron chi connectivity index (χ0n) is 89.6. The number of Topliss-reactive ketones (excluding diaryl/α,β-unsaturated/α-hetero) is 3. The quantitative estimate of drug-likeness (QED) is 0.0275. The maximum atomic E-state index is 13.8. The van der Waals surface area contributed by atoms with Crippen molar-refractivity contribution in [2.24, 2.45) is 23.7 Å². The molecule has 6 aromatic carbocycles. The van der Waals surface area contributed by atoms with Gasteiger partial charge in [-0.3, -0.25) is 28.8 Å². The van der Waals surface area contributed by atoms with Gasteiger partial charge in [0.15, 0.2) is 34.8 Å². The Bertz CT molecular complexity index is 6130. The molecule has 6 aromatic heterocycles. The van der Waals surface area contributed by atoms with Crippen LogP contribution in [0, 0.1) is 23.7 Å². The molecule has 9 heterocycles. The van der Waals surface area contributed by atoms with Gasteiger partial charge in [-0.15, -0.1) is 34.0 Å². The molecule has 3 saturated heterocycles. The molecular weight excluding hydrogens is 1890 g/mol. The summed E-state index contributed by atoms with van der Waals surface area (Å²) in [5.74, 6) is 3.82. The van der Waals surface area contributed by atoms with Crippen LogP contribution in [0.5, 0.6) is 17.2 Å². The highest BCUT2D eigenvalue weighted by molar-refractivity contribution is 7.15. The van der Waals surface area contributed by atoms with Crippen molar-refractivity contribution in [1.82, 2.24) is 54.4 Å². The summed E-state index contributed by atoms with van der Waals surface area (Å²) in [7, 11) is 8.21. The SMILES string of the molecule is CCCCCCCOc1ccc(-c2cnc(-c3ccc(C[C@H](CC(=O)c4ccc(C(C)(C)C)s4)C(=O)N4CC(CN(C)C)C4)cc3)nc2)cc1.CCCCCCCOc1ccc(-c2cnc(-c3ccc(C[C@H](CC(=O)c4ccc(C(C)(C)C)s4)C(=O)N4CC(N(C)C)C4)cc3)nc2)cc1.CCCCCCCOc1ccc(-c2cnc(-c3ccc(C[C@H](CC(=O)c4ccc(C(C)(C)C)s4)C(=O)N4CC[C@H](O)C4)cc3)nc2)cc1. The van der Waals surface area contributed by atoms with Crippen molar-refractivity contribution in [2.75, 3.05) is 93.8 Å². The van der Waals surface area contributed by atoms with Crippen molar-refractivity contribution in [2.45, 2.75) is 253 Å². The number of hydrogen-bond donors (Lipinski definition) is 1. The van der Waals surface area contributed by atoms with E-state index < -0.39 is 23.9 Å². The summed E-state index contributed by atoms with van der Waals surface area (Å²) in [5, 5.41) is 10.1. The van der Waals surface area contributed by atoms with Crippen molar-refractivity contribution in [1.29, 1.82) is 0 Å². The molecule has 3 aliphatic heterocycles. The molecule has 3 amide bonds. The van der Waals surface area contributed by atoms with Crippen LogP contribution in [-0.2, 0) is 49.9 Å². The fourth-order valence-corrected chi connectivity index (χ4v) is 21.5. The number of nitrogens with zero attached hydrogens (tertiary/aromatic N) is 11. The van der Waals surface area contributed by atoms with E-state index in [1.165, 1.54) is 98.1 Å². The monoisotopic (exact) mass is 2040 g/mol. The Balaban J connectivity index is 0.000000184. The number of aromatic nitrogens is 6. The topological polar surface area (TPSA) is 244 Å². The van der Waals surface area contributed by atoms with Crippen LogP contribution in [0.1, 0.15) is 265 Å². The first-order valence-electron chi connectivity index (χ1n) is 53.3. The van der Waals surface area contributed by atoms with E-state index in [1.807, 2.05) is 243 Å². The number of aliphatic hydroxyl groups is 1. The van der Waals surface area contributed by atoms with Crippen LogP contribution in [0.2, 0.25) is 0 Å². The minimum Gasteiger partial charge on any atom is -0.494 e. The minimum atomic E-state index is -0.508. The molecule has 0 aliphatic carbocycles. The Labute approximate surface area is 885 Å². The van der Waals surface area contributed by atoms with Crippen molar-refractivity contribution in [3.8, 4) is 84.8 Å². The predicted octanol–water partition coefficient (Wildman–Crippen LogP) is 26.2. The van der Waals surface area contributed by atoms with Crippen LogP contribution < -0.4 is 14.2 Å². The summed E-state index contributed by atoms with van der Waals surface area (Å²) in [4.78, 5) is 125. The number of aliphatic hydroxyl groups excluding tert-OH is 1. The summed E-state index contributed by atoms with van der Waals surface area (Å²) in [6.45, 7) is 32.9. The highest BCUT2D eigenvalue weighted by Gasteiger charge is 2.40. The van der Waals surface area contributed by atoms with E-state index in [0.717, 1.165) is 157 Å². The van der Waals surface area contributed by atoms with E-state index in [9.17, 15) is 33.9 Å². The third-order valence-corrected chi connectivity index (χ3v) is 32.3. The zero-order chi connectivity index (χ0) is 105. The van der Waals surface area contributed by atoms with Crippen LogP contribution in [0.25, 0.3) is 67.5 Å². The lowest BCUT2D eigenvalue weighted by atomic mass is 9.89. The summed E-state index contributed by atoms with van der Waals surface area (Å²) in [6, 6.07) is 60.5. The molecule has 0 spiro atoms. The molecule has 15 rings (SSSR count). The lowest BCUT2D eigenvalue weighted by Crippen LogP contribution is -2.60. The number of ketones is 3. The second-order valence-corrected chi connectivity index (χ2v) is 46.9. The lowest BCUT2D eigenvalue weighted by molar-refractivity contribution is -0.143. The molecule has 147 heavy (non-hydrogen) atoms. The standard InChI is InChI=1S/C42H54N4O3S.C41H52N4O3S.C40H49N3O4S/c1-7-8-9-10-11-22-49-36-18-16-32(17-19-36)35-25-43-40(44-26-35)33-14-12-30(13-15-33)23-34(41(48)46-28-31(29-46)27-45(5)6)24-37(47)38-20-21-39(50-38)42(2,3)4;1-7-8-9-10-11-22-48-35-18-16-30(17-19-35)33-25-42-39(43-26-33)31-14-12-29(13-15-31)23-32(40(47)45-27-34(28-45)44(5)6)24-36(46)37-20-21-38(49-37)41(2,3)4;1-5-6-7-8-9-22-47-34-16-14-29(15-17-34)32-25-41-38(42-26-32)30-12-10-28(11-13-30)23-31(39(46)43-21-20-33(44)27-43)24-35(45)36-18-19-37(48-36)40(2,3)4/h12-21,25-26,31,34H,7-11,22-24,27-29H2,1-6H3;12-21,25-26,32,34H,7-11,22-24,27-28H2,1-6H3;10-19,25-26,31,33,44H,5-9,20-24,27H2,1-4H3/t34-;32-;31-,33+/m111/s1. The largest absolute Gasteiger partial charge is 0.494 e. The van der Waals surface area contributed by atoms with E-state index in [1.54, 1.807) is 27.6 Å². The second-order valence-electron chi connectivity index (χ2n) is 43.6. The van der Waals surface area contributed by atoms with E-state index in [-0.39, 0.29) is 70.6 Å². The number of likely N-dealkylation sites (N-methyl/N-ethyl adjacent to an activating group) is 1. The normalized spacial score (nSPS) is 14.6. The van der Waals surface area contributed by atoms with Gasteiger partial charge in [-0.2, -0.15) is 0 Å². The van der Waals surface area contributed by atoms with E-state index in [2.05, 4.69) is 137 Å². The zero-order valence-corrected chi connectivity index (χ0v) is 92.1. The average Bonchev–Trinajstić information content (AvgIpc) is 1.40.